The second kappa shape index (κ2) is 29.4. The number of nitrogens with zero attached hydrogens (tertiary/aromatic N) is 3. The molecule has 1 aliphatic heterocycles. The number of nitrogens with one attached hydrogen (secondary N) is 3. The molecular weight excluding hydrogens is 1000 g/mol. The Kier molecular flexibility index (Phi) is 26.9. The molecular formula is C43H71FmN6O7S-. The van der Waals surface area contributed by atoms with E-state index >= 15 is 0 Å². The molecule has 0 bridgehead atoms. The van der Waals surface area contributed by atoms with Gasteiger partial charge in [-0.3, -0.25) is 19.2 Å². The number of hydrogen-bond acceptors (Lipinski definition) is 9. The maximum Gasteiger partial charge on any atom is 0.243 e. The van der Waals surface area contributed by atoms with Crippen molar-refractivity contribution in [3.05, 3.63) is 52.5 Å². The van der Waals surface area contributed by atoms with Gasteiger partial charge in [-0.05, 0) is 44.4 Å². The molecule has 334 valence electrons. The largest absolute Gasteiger partial charge is 0.520 e. The smallest absolute Gasteiger partial charge is 0.243 e. The molecule has 13 nitrogen and oxygen atoms in total. The fourth-order valence-corrected chi connectivity index (χ4v) is 7.86. The summed E-state index contributed by atoms with van der Waals surface area (Å²) in [4.78, 5) is 67.9. The molecule has 0 spiro atoms. The van der Waals surface area contributed by atoms with Crippen LogP contribution < -0.4 is 16.0 Å². The monoisotopic (exact) mass is 1070 g/mol. The van der Waals surface area contributed by atoms with Crippen molar-refractivity contribution in [3.63, 3.8) is 0 Å². The molecule has 15 heteroatoms. The number of carbonyl (C=O) groups excluding carboxylic acids is 5. The SMILES string of the molecule is CCC.CCC(C)C(C(CC(=O)N1CCCC1C(OC)C(C)C)OC)N(C)C(=O)CNC(=O)C1(N[C-]=O)CCCC1.Cc1ccccc1.O=CNCc1nccs1.[Fm]. The van der Waals surface area contributed by atoms with E-state index in [4.69, 9.17) is 9.47 Å². The molecule has 5 unspecified atom stereocenters. The second-order valence-electron chi connectivity index (χ2n) is 15.1. The number of carbonyl (C=O) groups is 4. The molecule has 5 amide bonds. The summed E-state index contributed by atoms with van der Waals surface area (Å²) in [5.74, 6) is -0.298. The Labute approximate surface area is 346 Å². The number of methoxy groups -OCH3 is 2. The first-order valence-electron chi connectivity index (χ1n) is 20.4. The van der Waals surface area contributed by atoms with Crippen molar-refractivity contribution in [2.24, 2.45) is 11.8 Å². The average Bonchev–Trinajstić information content (AvgIpc) is 4.01. The minimum Gasteiger partial charge on any atom is -0.520 e. The summed E-state index contributed by atoms with van der Waals surface area (Å²) in [5, 5.41) is 10.6. The van der Waals surface area contributed by atoms with Gasteiger partial charge in [0, 0.05) is 39.4 Å². The van der Waals surface area contributed by atoms with Crippen molar-refractivity contribution < 1.29 is 33.4 Å². The van der Waals surface area contributed by atoms with Crippen LogP contribution >= 0.6 is 11.3 Å². The predicted octanol–water partition coefficient (Wildman–Crippen LogP) is 5.81. The first-order valence-corrected chi connectivity index (χ1v) is 21.3. The molecule has 1 aromatic heterocycles. The number of thiazole rings is 1. The standard InChI is InChI=1S/C28H49N4O6.C7H8.C5H6N2OS.C3H8.Fm/c1-8-20(4)25(31(5)24(35)17-29-27(36)28(30-18-33)13-9-10-14-28)22(37-6)16-23(34)32-15-11-12-21(32)26(38-7)19(2)3;1-7-5-3-2-4-6-7;8-4-6-3-5-7-1-2-9-5;1-3-2;/h19-22,25-26H,8-17H2,1-7H3,(H,29,36)(H,30,33);2-6H,1H3;1-2,4H,3H2,(H,6,8);3H2,1-2H3;/q-1;;;;. The van der Waals surface area contributed by atoms with E-state index in [2.05, 4.69) is 67.7 Å². The summed E-state index contributed by atoms with van der Waals surface area (Å²) in [6.45, 7) is 15.7. The number of aryl methyl sites for hydroxylation is 1. The number of benzene rings is 1. The molecule has 0 radical (unpaired) electrons. The molecule has 1 aliphatic carbocycles. The van der Waals surface area contributed by atoms with Crippen LogP contribution in [-0.2, 0) is 40.0 Å². The molecule has 1 saturated carbocycles. The van der Waals surface area contributed by atoms with Crippen LogP contribution in [0, 0.1) is 18.8 Å². The molecule has 2 heterocycles. The van der Waals surface area contributed by atoms with E-state index in [1.165, 1.54) is 23.3 Å². The van der Waals surface area contributed by atoms with Crippen LogP contribution in [0.4, 0.5) is 0 Å². The van der Waals surface area contributed by atoms with Gasteiger partial charge in [-0.15, -0.1) is 11.3 Å². The number of likely N-dealkylation sites (tertiary alicyclic amines) is 1. The van der Waals surface area contributed by atoms with Crippen molar-refractivity contribution in [2.75, 3.05) is 34.4 Å². The Morgan fingerprint density at radius 2 is 1.71 bits per heavy atom. The van der Waals surface area contributed by atoms with Gasteiger partial charge in [-0.1, -0.05) is 103 Å². The summed E-state index contributed by atoms with van der Waals surface area (Å²) >= 11 is 1.53. The zero-order valence-corrected chi connectivity index (χ0v) is 39.7. The van der Waals surface area contributed by atoms with E-state index in [-0.39, 0.29) is 60.7 Å². The van der Waals surface area contributed by atoms with Crippen LogP contribution in [-0.4, -0.2) is 110 Å². The van der Waals surface area contributed by atoms with Crippen molar-refractivity contribution in [1.82, 2.24) is 30.7 Å². The number of likely N-dealkylation sites (N-methyl/N-ethyl adjacent to an activating group) is 1. The molecule has 3 N–H and O–H groups in total. The predicted molar refractivity (Wildman–Crippen MR) is 227 cm³/mol. The van der Waals surface area contributed by atoms with E-state index < -0.39 is 11.6 Å². The van der Waals surface area contributed by atoms with Gasteiger partial charge in [0.1, 0.15) is 5.01 Å². The van der Waals surface area contributed by atoms with Gasteiger partial charge in [-0.25, -0.2) is 4.98 Å². The Bertz CT molecular complexity index is 1420. The Hall–Kier alpha value is -4.88. The number of amides is 5. The molecule has 2 aliphatic rings. The fourth-order valence-electron chi connectivity index (χ4n) is 7.29. The maximum absolute atomic E-state index is 13.5. The van der Waals surface area contributed by atoms with Gasteiger partial charge in [0.05, 0.1) is 49.3 Å². The third-order valence-electron chi connectivity index (χ3n) is 10.4. The number of aromatic nitrogens is 1. The molecule has 58 heavy (non-hydrogen) atoms. The van der Waals surface area contributed by atoms with Crippen molar-refractivity contribution in [1.29, 1.82) is 0 Å². The summed E-state index contributed by atoms with van der Waals surface area (Å²) in [5.41, 5.74) is 0.322. The summed E-state index contributed by atoms with van der Waals surface area (Å²) in [6, 6.07) is 9.93. The van der Waals surface area contributed by atoms with Gasteiger partial charge in [0.2, 0.25) is 24.1 Å². The number of ether oxygens (including phenoxy) is 2. The zero-order valence-electron chi connectivity index (χ0n) is 36.5. The molecule has 1 saturated heterocycles. The van der Waals surface area contributed by atoms with Crippen molar-refractivity contribution >= 4 is 41.9 Å². The maximum atomic E-state index is 13.5. The molecule has 2 aromatic rings. The van der Waals surface area contributed by atoms with Crippen molar-refractivity contribution in [2.45, 2.75) is 143 Å². The van der Waals surface area contributed by atoms with E-state index in [9.17, 15) is 24.0 Å². The summed E-state index contributed by atoms with van der Waals surface area (Å²) in [7, 11) is 4.97. The Morgan fingerprint density at radius 1 is 1.07 bits per heavy atom. The third-order valence-corrected chi connectivity index (χ3v) is 11.2. The third kappa shape index (κ3) is 17.3. The van der Waals surface area contributed by atoms with Crippen LogP contribution in [0.5, 0.6) is 0 Å². The normalized spacial score (nSPS) is 17.2. The van der Waals surface area contributed by atoms with Gasteiger partial charge in [-0.2, -0.15) is 6.41 Å². The van der Waals surface area contributed by atoms with Crippen LogP contribution in [0.1, 0.15) is 110 Å². The Balaban J connectivity index is 0.00000132. The summed E-state index contributed by atoms with van der Waals surface area (Å²) < 4.78 is 11.6. The molecule has 2 fully saturated rings. The quantitative estimate of drug-likeness (QED) is 0.0959. The minimum absolute atomic E-state index is 0. The second-order valence-corrected chi connectivity index (χ2v) is 16.1. The van der Waals surface area contributed by atoms with Crippen molar-refractivity contribution in [3.8, 4) is 0 Å². The zero-order chi connectivity index (χ0) is 42.8. The topological polar surface area (TPSA) is 159 Å². The summed E-state index contributed by atoms with van der Waals surface area (Å²) in [6.07, 6.45) is 10.2. The van der Waals surface area contributed by atoms with E-state index in [0.717, 1.165) is 37.1 Å². The van der Waals surface area contributed by atoms with Gasteiger partial charge < -0.3 is 40.0 Å². The first kappa shape index (κ1) is 53.1. The van der Waals surface area contributed by atoms with Crippen LogP contribution in [0.3, 0.4) is 0 Å². The van der Waals surface area contributed by atoms with Crippen LogP contribution in [0.25, 0.3) is 0 Å². The minimum atomic E-state index is -0.999. The average molecular weight is 1070 g/mol. The van der Waals surface area contributed by atoms with Crippen LogP contribution in [0.2, 0.25) is 0 Å². The van der Waals surface area contributed by atoms with Gasteiger partial charge in [0.25, 0.3) is 0 Å². The van der Waals surface area contributed by atoms with Crippen LogP contribution in [0.15, 0.2) is 41.9 Å². The molecule has 4 rings (SSSR count). The van der Waals surface area contributed by atoms with E-state index in [1.807, 2.05) is 42.3 Å². The van der Waals surface area contributed by atoms with E-state index in [0.29, 0.717) is 32.3 Å². The Morgan fingerprint density at radius 3 is 2.17 bits per heavy atom. The number of rotatable bonds is 18. The van der Waals surface area contributed by atoms with E-state index in [1.54, 1.807) is 38.8 Å². The van der Waals surface area contributed by atoms with Gasteiger partial charge in [0.15, 0.2) is 0 Å². The molecule has 1 aromatic carbocycles. The number of hydrogen-bond donors (Lipinski definition) is 3. The van der Waals surface area contributed by atoms with Gasteiger partial charge >= 0.3 is 0 Å². The molecule has 5 atom stereocenters. The fraction of sp³-hybridized carbons (Fsp3) is 0.674. The first-order chi connectivity index (χ1) is 27.3.